The maximum atomic E-state index is 12.2. The van der Waals surface area contributed by atoms with E-state index in [2.05, 4.69) is 5.32 Å². The summed E-state index contributed by atoms with van der Waals surface area (Å²) < 4.78 is 0. The Kier molecular flexibility index (Phi) is 5.99. The molecule has 2 aromatic carbocycles. The van der Waals surface area contributed by atoms with Crippen LogP contribution in [0.1, 0.15) is 23.6 Å². The second-order valence-corrected chi connectivity index (χ2v) is 6.24. The van der Waals surface area contributed by atoms with Crippen LogP contribution in [0.15, 0.2) is 42.5 Å². The van der Waals surface area contributed by atoms with Crippen molar-refractivity contribution in [1.29, 1.82) is 0 Å². The third-order valence-electron chi connectivity index (χ3n) is 3.70. The minimum atomic E-state index is -0.207. The van der Waals surface area contributed by atoms with Gasteiger partial charge in [0, 0.05) is 24.2 Å². The number of anilines is 1. The highest BCUT2D eigenvalue weighted by Crippen LogP contribution is 2.23. The molecule has 5 heteroatoms. The molecular formula is C19H21ClN2O2. The maximum absolute atomic E-state index is 12.2. The van der Waals surface area contributed by atoms with Gasteiger partial charge in [-0.1, -0.05) is 41.4 Å². The smallest absolute Gasteiger partial charge is 0.240 e. The molecule has 0 aromatic heterocycles. The lowest BCUT2D eigenvalue weighted by Crippen LogP contribution is -2.40. The van der Waals surface area contributed by atoms with Gasteiger partial charge in [-0.05, 0) is 43.2 Å². The van der Waals surface area contributed by atoms with Crippen LogP contribution in [-0.2, 0) is 16.1 Å². The molecule has 0 atom stereocenters. The highest BCUT2D eigenvalue weighted by molar-refractivity contribution is 6.30. The van der Waals surface area contributed by atoms with Gasteiger partial charge in [-0.15, -0.1) is 0 Å². The summed E-state index contributed by atoms with van der Waals surface area (Å²) in [5.41, 5.74) is 3.71. The van der Waals surface area contributed by atoms with Gasteiger partial charge in [-0.3, -0.25) is 9.59 Å². The molecule has 0 spiro atoms. The Morgan fingerprint density at radius 1 is 1.12 bits per heavy atom. The first kappa shape index (κ1) is 18.0. The Hall–Kier alpha value is -2.33. The van der Waals surface area contributed by atoms with E-state index in [1.54, 1.807) is 18.2 Å². The van der Waals surface area contributed by atoms with Gasteiger partial charge in [0.2, 0.25) is 11.8 Å². The molecular weight excluding hydrogens is 324 g/mol. The largest absolute Gasteiger partial charge is 0.350 e. The zero-order chi connectivity index (χ0) is 17.7. The SMILES string of the molecule is CC(=O)N(CC(=O)NCc1cccc(C)c1)c1ccc(Cl)cc1C. The summed E-state index contributed by atoms with van der Waals surface area (Å²) in [5, 5.41) is 3.45. The van der Waals surface area contributed by atoms with Gasteiger partial charge in [-0.25, -0.2) is 0 Å². The normalized spacial score (nSPS) is 10.3. The van der Waals surface area contributed by atoms with Crippen LogP contribution in [0.25, 0.3) is 0 Å². The van der Waals surface area contributed by atoms with E-state index >= 15 is 0 Å². The predicted molar refractivity (Wildman–Crippen MR) is 97.2 cm³/mol. The van der Waals surface area contributed by atoms with E-state index in [-0.39, 0.29) is 18.4 Å². The van der Waals surface area contributed by atoms with Crippen molar-refractivity contribution in [1.82, 2.24) is 5.32 Å². The number of benzene rings is 2. The lowest BCUT2D eigenvalue weighted by Gasteiger charge is -2.22. The predicted octanol–water partition coefficient (Wildman–Crippen LogP) is 3.63. The molecule has 0 saturated carbocycles. The van der Waals surface area contributed by atoms with E-state index in [0.29, 0.717) is 17.3 Å². The standard InChI is InChI=1S/C19H21ClN2O2/c1-13-5-4-6-16(9-13)11-21-19(24)12-22(15(3)23)18-8-7-17(20)10-14(18)2/h4-10H,11-12H2,1-3H3,(H,21,24). The number of nitrogens with zero attached hydrogens (tertiary/aromatic N) is 1. The van der Waals surface area contributed by atoms with E-state index < -0.39 is 0 Å². The summed E-state index contributed by atoms with van der Waals surface area (Å²) in [6, 6.07) is 13.2. The molecule has 1 N–H and O–H groups in total. The Morgan fingerprint density at radius 3 is 2.50 bits per heavy atom. The number of rotatable bonds is 5. The number of carbonyl (C=O) groups excluding carboxylic acids is 2. The first-order valence-electron chi connectivity index (χ1n) is 7.73. The summed E-state index contributed by atoms with van der Waals surface area (Å²) in [6.07, 6.45) is 0. The molecule has 0 aliphatic heterocycles. The van der Waals surface area contributed by atoms with Crippen LogP contribution in [0.4, 0.5) is 5.69 Å². The quantitative estimate of drug-likeness (QED) is 0.900. The molecule has 2 amide bonds. The topological polar surface area (TPSA) is 49.4 Å². The van der Waals surface area contributed by atoms with Crippen LogP contribution in [0.3, 0.4) is 0 Å². The van der Waals surface area contributed by atoms with Crippen molar-refractivity contribution in [3.63, 3.8) is 0 Å². The fourth-order valence-electron chi connectivity index (χ4n) is 2.51. The van der Waals surface area contributed by atoms with Gasteiger partial charge in [-0.2, -0.15) is 0 Å². The maximum Gasteiger partial charge on any atom is 0.240 e. The summed E-state index contributed by atoms with van der Waals surface area (Å²) in [5.74, 6) is -0.396. The number of hydrogen-bond acceptors (Lipinski definition) is 2. The van der Waals surface area contributed by atoms with Gasteiger partial charge >= 0.3 is 0 Å². The van der Waals surface area contributed by atoms with Crippen LogP contribution in [0.5, 0.6) is 0 Å². The molecule has 0 saturated heterocycles. The van der Waals surface area contributed by atoms with E-state index in [1.807, 2.05) is 38.1 Å². The molecule has 0 bridgehead atoms. The molecule has 0 radical (unpaired) electrons. The summed E-state index contributed by atoms with van der Waals surface area (Å²) in [6.45, 7) is 5.73. The fourth-order valence-corrected chi connectivity index (χ4v) is 2.74. The molecule has 2 aromatic rings. The van der Waals surface area contributed by atoms with Gasteiger partial charge in [0.15, 0.2) is 0 Å². The minimum Gasteiger partial charge on any atom is -0.350 e. The lowest BCUT2D eigenvalue weighted by molar-refractivity contribution is -0.123. The molecule has 4 nitrogen and oxygen atoms in total. The number of aryl methyl sites for hydroxylation is 2. The Balaban J connectivity index is 2.05. The average Bonchev–Trinajstić information content (AvgIpc) is 2.51. The van der Waals surface area contributed by atoms with Gasteiger partial charge in [0.05, 0.1) is 0 Å². The molecule has 2 rings (SSSR count). The second-order valence-electron chi connectivity index (χ2n) is 5.80. The van der Waals surface area contributed by atoms with Crippen LogP contribution in [-0.4, -0.2) is 18.4 Å². The molecule has 0 aliphatic rings. The van der Waals surface area contributed by atoms with Crippen LogP contribution >= 0.6 is 11.6 Å². The first-order chi connectivity index (χ1) is 11.4. The molecule has 0 fully saturated rings. The Bertz CT molecular complexity index is 759. The molecule has 0 heterocycles. The number of amides is 2. The highest BCUT2D eigenvalue weighted by atomic mass is 35.5. The van der Waals surface area contributed by atoms with Gasteiger partial charge < -0.3 is 10.2 Å². The molecule has 126 valence electrons. The Labute approximate surface area is 147 Å². The molecule has 0 unspecified atom stereocenters. The third kappa shape index (κ3) is 4.83. The fraction of sp³-hybridized carbons (Fsp3) is 0.263. The summed E-state index contributed by atoms with van der Waals surface area (Å²) in [4.78, 5) is 25.6. The van der Waals surface area contributed by atoms with Gasteiger partial charge in [0.25, 0.3) is 0 Å². The van der Waals surface area contributed by atoms with Crippen molar-refractivity contribution < 1.29 is 9.59 Å². The van der Waals surface area contributed by atoms with Crippen molar-refractivity contribution in [2.24, 2.45) is 0 Å². The van der Waals surface area contributed by atoms with E-state index in [9.17, 15) is 9.59 Å². The van der Waals surface area contributed by atoms with E-state index in [4.69, 9.17) is 11.6 Å². The molecule has 24 heavy (non-hydrogen) atoms. The van der Waals surface area contributed by atoms with E-state index in [0.717, 1.165) is 16.7 Å². The zero-order valence-electron chi connectivity index (χ0n) is 14.1. The van der Waals surface area contributed by atoms with Crippen molar-refractivity contribution in [2.45, 2.75) is 27.3 Å². The molecule has 0 aliphatic carbocycles. The monoisotopic (exact) mass is 344 g/mol. The van der Waals surface area contributed by atoms with E-state index in [1.165, 1.54) is 11.8 Å². The zero-order valence-corrected chi connectivity index (χ0v) is 14.9. The second kappa shape index (κ2) is 7.97. The van der Waals surface area contributed by atoms with Crippen molar-refractivity contribution in [3.05, 3.63) is 64.2 Å². The van der Waals surface area contributed by atoms with Crippen LogP contribution in [0.2, 0.25) is 5.02 Å². The Morgan fingerprint density at radius 2 is 1.88 bits per heavy atom. The average molecular weight is 345 g/mol. The van der Waals surface area contributed by atoms with Crippen molar-refractivity contribution in [2.75, 3.05) is 11.4 Å². The minimum absolute atomic E-state index is 0.0242. The number of hydrogen-bond donors (Lipinski definition) is 1. The lowest BCUT2D eigenvalue weighted by atomic mass is 10.1. The number of halogens is 1. The summed E-state index contributed by atoms with van der Waals surface area (Å²) in [7, 11) is 0. The van der Waals surface area contributed by atoms with Gasteiger partial charge in [0.1, 0.15) is 6.54 Å². The number of carbonyl (C=O) groups is 2. The summed E-state index contributed by atoms with van der Waals surface area (Å²) >= 11 is 5.95. The third-order valence-corrected chi connectivity index (χ3v) is 3.94. The highest BCUT2D eigenvalue weighted by Gasteiger charge is 2.17. The van der Waals surface area contributed by atoms with Crippen molar-refractivity contribution >= 4 is 29.1 Å². The van der Waals surface area contributed by atoms with Crippen LogP contribution in [0, 0.1) is 13.8 Å². The van der Waals surface area contributed by atoms with Crippen LogP contribution < -0.4 is 10.2 Å². The van der Waals surface area contributed by atoms with Crippen molar-refractivity contribution in [3.8, 4) is 0 Å². The number of nitrogens with one attached hydrogen (secondary N) is 1. The first-order valence-corrected chi connectivity index (χ1v) is 8.11.